The summed E-state index contributed by atoms with van der Waals surface area (Å²) < 4.78 is 5.14. The number of rotatable bonds is 7. The fourth-order valence-corrected chi connectivity index (χ4v) is 2.07. The lowest BCUT2D eigenvalue weighted by atomic mass is 10.2. The summed E-state index contributed by atoms with van der Waals surface area (Å²) in [5, 5.41) is 14.3. The molecule has 3 rings (SSSR count). The predicted molar refractivity (Wildman–Crippen MR) is 91.7 cm³/mol. The van der Waals surface area contributed by atoms with Gasteiger partial charge in [-0.3, -0.25) is 4.98 Å². The van der Waals surface area contributed by atoms with Crippen LogP contribution in [-0.2, 0) is 13.1 Å². The standard InChI is InChI=1S/C17H18N6O/c1-24-15-7-5-13(6-8-15)10-20-17-22-16(12-21-23-17)19-11-14-4-2-3-9-18-14/h2-9,12H,10-11H2,1H3,(H2,19,20,22,23). The Hall–Kier alpha value is -3.22. The molecule has 0 aliphatic rings. The zero-order valence-corrected chi connectivity index (χ0v) is 13.3. The van der Waals surface area contributed by atoms with Crippen molar-refractivity contribution in [3.63, 3.8) is 0 Å². The SMILES string of the molecule is COc1ccc(CNc2nncc(NCc3ccccn3)n2)cc1. The van der Waals surface area contributed by atoms with Crippen LogP contribution in [0.25, 0.3) is 0 Å². The Bertz CT molecular complexity index is 764. The fraction of sp³-hybridized carbons (Fsp3) is 0.176. The number of ether oxygens (including phenoxy) is 1. The van der Waals surface area contributed by atoms with E-state index in [4.69, 9.17) is 4.74 Å². The first-order valence-corrected chi connectivity index (χ1v) is 7.54. The molecule has 0 aliphatic heterocycles. The molecule has 2 heterocycles. The Labute approximate surface area is 140 Å². The summed E-state index contributed by atoms with van der Waals surface area (Å²) in [4.78, 5) is 8.64. The molecule has 3 aromatic rings. The number of anilines is 2. The molecule has 0 bridgehead atoms. The smallest absolute Gasteiger partial charge is 0.244 e. The number of nitrogens with one attached hydrogen (secondary N) is 2. The molecule has 24 heavy (non-hydrogen) atoms. The third kappa shape index (κ3) is 4.39. The van der Waals surface area contributed by atoms with Crippen molar-refractivity contribution >= 4 is 11.8 Å². The average Bonchev–Trinajstić information content (AvgIpc) is 2.66. The molecule has 1 aromatic carbocycles. The van der Waals surface area contributed by atoms with E-state index < -0.39 is 0 Å². The molecule has 2 N–H and O–H groups in total. The largest absolute Gasteiger partial charge is 0.497 e. The predicted octanol–water partition coefficient (Wildman–Crippen LogP) is 2.50. The lowest BCUT2D eigenvalue weighted by Gasteiger charge is -2.08. The Morgan fingerprint density at radius 3 is 2.62 bits per heavy atom. The first-order chi connectivity index (χ1) is 11.8. The van der Waals surface area contributed by atoms with Gasteiger partial charge in [0.2, 0.25) is 5.95 Å². The normalized spacial score (nSPS) is 10.2. The first kappa shape index (κ1) is 15.7. The third-order valence-electron chi connectivity index (χ3n) is 3.35. The third-order valence-corrected chi connectivity index (χ3v) is 3.35. The van der Waals surface area contributed by atoms with Crippen molar-refractivity contribution in [2.24, 2.45) is 0 Å². The van der Waals surface area contributed by atoms with Gasteiger partial charge < -0.3 is 15.4 Å². The van der Waals surface area contributed by atoms with Gasteiger partial charge in [0.1, 0.15) is 5.75 Å². The molecular formula is C17H18N6O. The number of benzene rings is 1. The summed E-state index contributed by atoms with van der Waals surface area (Å²) in [5.74, 6) is 1.95. The number of hydrogen-bond donors (Lipinski definition) is 2. The number of methoxy groups -OCH3 is 1. The van der Waals surface area contributed by atoms with Crippen molar-refractivity contribution in [1.82, 2.24) is 20.2 Å². The maximum absolute atomic E-state index is 5.14. The second kappa shape index (κ2) is 7.87. The lowest BCUT2D eigenvalue weighted by molar-refractivity contribution is 0.414. The van der Waals surface area contributed by atoms with E-state index in [9.17, 15) is 0 Å². The van der Waals surface area contributed by atoms with E-state index in [0.717, 1.165) is 17.0 Å². The molecule has 0 radical (unpaired) electrons. The molecule has 0 fully saturated rings. The van der Waals surface area contributed by atoms with E-state index in [-0.39, 0.29) is 0 Å². The molecule has 0 saturated heterocycles. The van der Waals surface area contributed by atoms with Gasteiger partial charge in [-0.2, -0.15) is 10.1 Å². The summed E-state index contributed by atoms with van der Waals surface area (Å²) in [6.45, 7) is 1.19. The second-order valence-corrected chi connectivity index (χ2v) is 5.04. The first-order valence-electron chi connectivity index (χ1n) is 7.54. The number of nitrogens with zero attached hydrogens (tertiary/aromatic N) is 4. The Kier molecular flexibility index (Phi) is 5.14. The van der Waals surface area contributed by atoms with Gasteiger partial charge in [0.25, 0.3) is 0 Å². The molecular weight excluding hydrogens is 304 g/mol. The van der Waals surface area contributed by atoms with Crippen LogP contribution in [0.1, 0.15) is 11.3 Å². The van der Waals surface area contributed by atoms with E-state index in [0.29, 0.717) is 24.9 Å². The van der Waals surface area contributed by atoms with Crippen LogP contribution in [0.3, 0.4) is 0 Å². The van der Waals surface area contributed by atoms with Crippen LogP contribution in [0.15, 0.2) is 54.9 Å². The molecule has 0 atom stereocenters. The summed E-state index contributed by atoms with van der Waals surface area (Å²) in [7, 11) is 1.65. The maximum Gasteiger partial charge on any atom is 0.244 e. The molecule has 0 saturated carbocycles. The van der Waals surface area contributed by atoms with Gasteiger partial charge in [-0.25, -0.2) is 0 Å². The molecule has 0 unspecified atom stereocenters. The van der Waals surface area contributed by atoms with Crippen LogP contribution >= 0.6 is 0 Å². The Morgan fingerprint density at radius 2 is 1.88 bits per heavy atom. The molecule has 2 aromatic heterocycles. The van der Waals surface area contributed by atoms with Gasteiger partial charge in [-0.1, -0.05) is 18.2 Å². The molecule has 7 heteroatoms. The highest BCUT2D eigenvalue weighted by Gasteiger charge is 2.02. The van der Waals surface area contributed by atoms with E-state index in [1.165, 1.54) is 0 Å². The monoisotopic (exact) mass is 322 g/mol. The van der Waals surface area contributed by atoms with Gasteiger partial charge >= 0.3 is 0 Å². The lowest BCUT2D eigenvalue weighted by Crippen LogP contribution is -2.08. The van der Waals surface area contributed by atoms with Gasteiger partial charge in [-0.15, -0.1) is 5.10 Å². The summed E-state index contributed by atoms with van der Waals surface area (Å²) in [6.07, 6.45) is 3.35. The highest BCUT2D eigenvalue weighted by atomic mass is 16.5. The van der Waals surface area contributed by atoms with E-state index in [2.05, 4.69) is 30.8 Å². The van der Waals surface area contributed by atoms with Crippen molar-refractivity contribution in [2.45, 2.75) is 13.1 Å². The number of pyridine rings is 1. The van der Waals surface area contributed by atoms with Gasteiger partial charge in [0.05, 0.1) is 25.5 Å². The minimum absolute atomic E-state index is 0.469. The molecule has 0 aliphatic carbocycles. The van der Waals surface area contributed by atoms with Crippen molar-refractivity contribution in [3.8, 4) is 5.75 Å². The number of hydrogen-bond acceptors (Lipinski definition) is 7. The van der Waals surface area contributed by atoms with E-state index in [1.807, 2.05) is 42.5 Å². The molecule has 0 amide bonds. The van der Waals surface area contributed by atoms with Gasteiger partial charge in [0.15, 0.2) is 5.82 Å². The van der Waals surface area contributed by atoms with Gasteiger partial charge in [0, 0.05) is 12.7 Å². The summed E-state index contributed by atoms with van der Waals surface area (Å²) in [5.41, 5.74) is 2.04. The number of aromatic nitrogens is 4. The van der Waals surface area contributed by atoms with Crippen LogP contribution in [-0.4, -0.2) is 27.3 Å². The quantitative estimate of drug-likeness (QED) is 0.691. The van der Waals surface area contributed by atoms with Crippen LogP contribution in [0, 0.1) is 0 Å². The van der Waals surface area contributed by atoms with Crippen molar-refractivity contribution < 1.29 is 4.74 Å². The molecule has 0 spiro atoms. The zero-order chi connectivity index (χ0) is 16.6. The fourth-order valence-electron chi connectivity index (χ4n) is 2.07. The van der Waals surface area contributed by atoms with Crippen LogP contribution in [0.5, 0.6) is 5.75 Å². The van der Waals surface area contributed by atoms with Gasteiger partial charge in [-0.05, 0) is 29.8 Å². The van der Waals surface area contributed by atoms with E-state index >= 15 is 0 Å². The van der Waals surface area contributed by atoms with Crippen molar-refractivity contribution in [3.05, 3.63) is 66.1 Å². The van der Waals surface area contributed by atoms with Crippen LogP contribution < -0.4 is 15.4 Å². The minimum atomic E-state index is 0.469. The van der Waals surface area contributed by atoms with Crippen molar-refractivity contribution in [2.75, 3.05) is 17.7 Å². The molecule has 122 valence electrons. The Morgan fingerprint density at radius 1 is 1.00 bits per heavy atom. The summed E-state index contributed by atoms with van der Waals surface area (Å²) >= 11 is 0. The molecule has 7 nitrogen and oxygen atoms in total. The highest BCUT2D eigenvalue weighted by Crippen LogP contribution is 2.12. The van der Waals surface area contributed by atoms with Crippen LogP contribution in [0.4, 0.5) is 11.8 Å². The summed E-state index contributed by atoms with van der Waals surface area (Å²) in [6, 6.07) is 13.6. The minimum Gasteiger partial charge on any atom is -0.497 e. The van der Waals surface area contributed by atoms with E-state index in [1.54, 1.807) is 19.5 Å². The topological polar surface area (TPSA) is 84.9 Å². The zero-order valence-electron chi connectivity index (χ0n) is 13.3. The average molecular weight is 322 g/mol. The van der Waals surface area contributed by atoms with Crippen LogP contribution in [0.2, 0.25) is 0 Å². The maximum atomic E-state index is 5.14. The van der Waals surface area contributed by atoms with Crippen molar-refractivity contribution in [1.29, 1.82) is 0 Å². The Balaban J connectivity index is 1.56. The highest BCUT2D eigenvalue weighted by molar-refractivity contribution is 5.38. The second-order valence-electron chi connectivity index (χ2n) is 5.04.